The second kappa shape index (κ2) is 7.74. The number of carbonyl (C=O) groups excluding carboxylic acids is 2. The first-order valence-corrected chi connectivity index (χ1v) is 8.15. The molecule has 0 spiro atoms. The summed E-state index contributed by atoms with van der Waals surface area (Å²) in [5.74, 6) is 0.410. The molecule has 3 rings (SSSR count). The van der Waals surface area contributed by atoms with E-state index in [1.807, 2.05) is 30.3 Å². The summed E-state index contributed by atoms with van der Waals surface area (Å²) in [7, 11) is 1.64. The maximum atomic E-state index is 12.4. The highest BCUT2D eigenvalue weighted by molar-refractivity contribution is 5.98. The molecule has 1 aliphatic rings. The second-order valence-corrected chi connectivity index (χ2v) is 5.76. The summed E-state index contributed by atoms with van der Waals surface area (Å²) in [5.41, 5.74) is 1.50. The van der Waals surface area contributed by atoms with Gasteiger partial charge in [-0.05, 0) is 42.8 Å². The van der Waals surface area contributed by atoms with E-state index in [1.165, 1.54) is 11.0 Å². The first-order valence-electron chi connectivity index (χ1n) is 8.15. The summed E-state index contributed by atoms with van der Waals surface area (Å²) in [4.78, 5) is 25.8. The summed E-state index contributed by atoms with van der Waals surface area (Å²) in [6, 6.07) is 14.5. The molecule has 0 saturated heterocycles. The lowest BCUT2D eigenvalue weighted by Gasteiger charge is -2.21. The van der Waals surface area contributed by atoms with Crippen molar-refractivity contribution in [2.24, 2.45) is 0 Å². The van der Waals surface area contributed by atoms with E-state index >= 15 is 0 Å². The van der Waals surface area contributed by atoms with Gasteiger partial charge in [0.05, 0.1) is 0 Å². The number of anilines is 1. The number of hydrogen-bond acceptors (Lipinski definition) is 5. The van der Waals surface area contributed by atoms with Crippen LogP contribution in [0.15, 0.2) is 54.6 Å². The molecule has 2 aromatic rings. The molecule has 0 unspecified atom stereocenters. The minimum absolute atomic E-state index is 0.194. The summed E-state index contributed by atoms with van der Waals surface area (Å²) in [6.45, 7) is 1.74. The van der Waals surface area contributed by atoms with E-state index in [0.717, 1.165) is 11.3 Å². The zero-order chi connectivity index (χ0) is 18.5. The quantitative estimate of drug-likeness (QED) is 0.611. The Morgan fingerprint density at radius 3 is 2.62 bits per heavy atom. The minimum atomic E-state index is -0.894. The first kappa shape index (κ1) is 17.5. The van der Waals surface area contributed by atoms with E-state index in [9.17, 15) is 9.59 Å². The van der Waals surface area contributed by atoms with Gasteiger partial charge in [0.2, 0.25) is 6.79 Å². The van der Waals surface area contributed by atoms with Gasteiger partial charge in [-0.25, -0.2) is 4.79 Å². The van der Waals surface area contributed by atoms with Gasteiger partial charge >= 0.3 is 5.97 Å². The van der Waals surface area contributed by atoms with E-state index in [-0.39, 0.29) is 12.7 Å². The molecule has 6 heteroatoms. The van der Waals surface area contributed by atoms with Crippen molar-refractivity contribution < 1.29 is 23.8 Å². The zero-order valence-electron chi connectivity index (χ0n) is 14.5. The van der Waals surface area contributed by atoms with Crippen molar-refractivity contribution >= 4 is 23.6 Å². The number of carbonyl (C=O) groups is 2. The van der Waals surface area contributed by atoms with Crippen molar-refractivity contribution in [3.8, 4) is 11.5 Å². The van der Waals surface area contributed by atoms with Crippen molar-refractivity contribution in [2.45, 2.75) is 13.0 Å². The first-order chi connectivity index (χ1) is 12.5. The van der Waals surface area contributed by atoms with Gasteiger partial charge in [-0.1, -0.05) is 24.3 Å². The third-order valence-electron chi connectivity index (χ3n) is 3.92. The van der Waals surface area contributed by atoms with Crippen LogP contribution in [0.5, 0.6) is 11.5 Å². The van der Waals surface area contributed by atoms with E-state index in [2.05, 4.69) is 0 Å². The van der Waals surface area contributed by atoms with Gasteiger partial charge in [-0.15, -0.1) is 0 Å². The summed E-state index contributed by atoms with van der Waals surface area (Å²) >= 11 is 0. The Morgan fingerprint density at radius 1 is 1.12 bits per heavy atom. The molecule has 1 aliphatic heterocycles. The van der Waals surface area contributed by atoms with Gasteiger partial charge in [0.1, 0.15) is 0 Å². The Hall–Kier alpha value is -3.28. The van der Waals surface area contributed by atoms with Crippen LogP contribution in [-0.2, 0) is 14.3 Å². The van der Waals surface area contributed by atoms with Crippen LogP contribution in [-0.4, -0.2) is 31.8 Å². The van der Waals surface area contributed by atoms with Crippen molar-refractivity contribution in [1.82, 2.24) is 0 Å². The number of hydrogen-bond donors (Lipinski definition) is 0. The minimum Gasteiger partial charge on any atom is -0.454 e. The van der Waals surface area contributed by atoms with Gasteiger partial charge in [0.15, 0.2) is 17.6 Å². The fourth-order valence-electron chi connectivity index (χ4n) is 2.50. The van der Waals surface area contributed by atoms with Crippen LogP contribution in [0.3, 0.4) is 0 Å². The van der Waals surface area contributed by atoms with Gasteiger partial charge in [0.25, 0.3) is 5.91 Å². The average Bonchev–Trinajstić information content (AvgIpc) is 3.13. The lowest BCUT2D eigenvalue weighted by Crippen LogP contribution is -2.37. The number of fused-ring (bicyclic) bond motifs is 1. The van der Waals surface area contributed by atoms with Crippen LogP contribution in [0.25, 0.3) is 6.08 Å². The predicted octanol–water partition coefficient (Wildman–Crippen LogP) is 3.02. The maximum absolute atomic E-state index is 12.4. The zero-order valence-corrected chi connectivity index (χ0v) is 14.5. The molecule has 0 aliphatic carbocycles. The summed E-state index contributed by atoms with van der Waals surface area (Å²) in [6.07, 6.45) is 1.99. The molecule has 0 fully saturated rings. The van der Waals surface area contributed by atoms with E-state index in [4.69, 9.17) is 14.2 Å². The number of para-hydroxylation sites is 1. The Bertz CT molecular complexity index is 831. The number of esters is 1. The number of rotatable bonds is 5. The third-order valence-corrected chi connectivity index (χ3v) is 3.92. The molecule has 0 N–H and O–H groups in total. The molecular weight excluding hydrogens is 334 g/mol. The average molecular weight is 353 g/mol. The molecule has 0 aromatic heterocycles. The molecule has 6 nitrogen and oxygen atoms in total. The molecule has 0 radical (unpaired) electrons. The number of likely N-dealkylation sites (N-methyl/N-ethyl adjacent to an activating group) is 1. The fourth-order valence-corrected chi connectivity index (χ4v) is 2.50. The Labute approximate surface area is 151 Å². The van der Waals surface area contributed by atoms with Gasteiger partial charge in [-0.2, -0.15) is 0 Å². The Balaban J connectivity index is 1.58. The highest BCUT2D eigenvalue weighted by Gasteiger charge is 2.21. The third kappa shape index (κ3) is 4.03. The van der Waals surface area contributed by atoms with Gasteiger partial charge in [-0.3, -0.25) is 4.79 Å². The van der Waals surface area contributed by atoms with E-state index in [1.54, 1.807) is 38.2 Å². The topological polar surface area (TPSA) is 65.1 Å². The SMILES string of the molecule is C[C@@H](OC(=O)/C=C/c1ccc2c(c1)OCO2)C(=O)N(C)c1ccccc1. The van der Waals surface area contributed by atoms with Crippen molar-refractivity contribution in [3.05, 3.63) is 60.2 Å². The van der Waals surface area contributed by atoms with Crippen molar-refractivity contribution in [1.29, 1.82) is 0 Å². The van der Waals surface area contributed by atoms with Crippen LogP contribution in [0.2, 0.25) is 0 Å². The van der Waals surface area contributed by atoms with Crippen LogP contribution in [0.4, 0.5) is 5.69 Å². The standard InChI is InChI=1S/C20H19NO5/c1-14(20(23)21(2)16-6-4-3-5-7-16)26-19(22)11-9-15-8-10-17-18(12-15)25-13-24-17/h3-12,14H,13H2,1-2H3/b11-9+/t14-/m1/s1. The van der Waals surface area contributed by atoms with Crippen LogP contribution in [0.1, 0.15) is 12.5 Å². The van der Waals surface area contributed by atoms with Crippen LogP contribution >= 0.6 is 0 Å². The van der Waals surface area contributed by atoms with E-state index in [0.29, 0.717) is 11.5 Å². The maximum Gasteiger partial charge on any atom is 0.331 e. The van der Waals surface area contributed by atoms with Crippen molar-refractivity contribution in [2.75, 3.05) is 18.7 Å². The fraction of sp³-hybridized carbons (Fsp3) is 0.200. The number of benzene rings is 2. The number of nitrogens with zero attached hydrogens (tertiary/aromatic N) is 1. The normalized spacial score (nSPS) is 13.5. The molecule has 0 saturated carbocycles. The van der Waals surface area contributed by atoms with Crippen molar-refractivity contribution in [3.63, 3.8) is 0 Å². The molecule has 0 bridgehead atoms. The monoisotopic (exact) mass is 353 g/mol. The number of amides is 1. The largest absolute Gasteiger partial charge is 0.454 e. The van der Waals surface area contributed by atoms with Crippen LogP contribution in [0, 0.1) is 0 Å². The molecule has 26 heavy (non-hydrogen) atoms. The molecule has 1 atom stereocenters. The lowest BCUT2D eigenvalue weighted by atomic mass is 10.2. The summed E-state index contributed by atoms with van der Waals surface area (Å²) in [5, 5.41) is 0. The molecule has 1 heterocycles. The van der Waals surface area contributed by atoms with Gasteiger partial charge < -0.3 is 19.1 Å². The summed E-state index contributed by atoms with van der Waals surface area (Å²) < 4.78 is 15.7. The molecule has 1 amide bonds. The molecular formula is C20H19NO5. The predicted molar refractivity (Wildman–Crippen MR) is 97.0 cm³/mol. The highest BCUT2D eigenvalue weighted by atomic mass is 16.7. The van der Waals surface area contributed by atoms with Crippen LogP contribution < -0.4 is 14.4 Å². The lowest BCUT2D eigenvalue weighted by molar-refractivity contribution is -0.148. The Morgan fingerprint density at radius 2 is 1.85 bits per heavy atom. The van der Waals surface area contributed by atoms with Gasteiger partial charge in [0, 0.05) is 18.8 Å². The highest BCUT2D eigenvalue weighted by Crippen LogP contribution is 2.32. The smallest absolute Gasteiger partial charge is 0.331 e. The number of ether oxygens (including phenoxy) is 3. The second-order valence-electron chi connectivity index (χ2n) is 5.76. The molecule has 134 valence electrons. The molecule has 2 aromatic carbocycles. The van der Waals surface area contributed by atoms with E-state index < -0.39 is 12.1 Å². The Kier molecular flexibility index (Phi) is 5.22.